The van der Waals surface area contributed by atoms with Gasteiger partial charge in [0.1, 0.15) is 30.1 Å². The molecule has 0 saturated carbocycles. The summed E-state index contributed by atoms with van der Waals surface area (Å²) < 4.78 is 21.3. The van der Waals surface area contributed by atoms with Crippen molar-refractivity contribution in [2.75, 3.05) is 18.1 Å². The van der Waals surface area contributed by atoms with Gasteiger partial charge < -0.3 is 19.3 Å². The first-order chi connectivity index (χ1) is 16.9. The number of ether oxygens (including phenoxy) is 1. The number of anilines is 1. The average molecular weight is 474 g/mol. The van der Waals surface area contributed by atoms with Gasteiger partial charge in [-0.1, -0.05) is 29.8 Å². The SMILES string of the molecule is Cc1ccc(OC[C@@H](O)Cn2c([C@H]3CC(=O)N(c4ccc(F)cc4)C3)nc3ccccc32)c(C)c1. The summed E-state index contributed by atoms with van der Waals surface area (Å²) in [4.78, 5) is 19.3. The third-order valence-corrected chi connectivity index (χ3v) is 6.47. The largest absolute Gasteiger partial charge is 0.491 e. The Hall–Kier alpha value is -3.71. The van der Waals surface area contributed by atoms with Crippen LogP contribution in [0.5, 0.6) is 5.75 Å². The van der Waals surface area contributed by atoms with E-state index < -0.39 is 6.10 Å². The Bertz CT molecular complexity index is 1370. The molecule has 35 heavy (non-hydrogen) atoms. The molecule has 4 aromatic rings. The highest BCUT2D eigenvalue weighted by molar-refractivity contribution is 5.96. The van der Waals surface area contributed by atoms with Crippen molar-refractivity contribution in [2.24, 2.45) is 0 Å². The third kappa shape index (κ3) is 4.77. The number of carbonyl (C=O) groups excluding carboxylic acids is 1. The van der Waals surface area contributed by atoms with Crippen molar-refractivity contribution in [1.29, 1.82) is 0 Å². The average Bonchev–Trinajstić information content (AvgIpc) is 3.40. The normalized spacial score (nSPS) is 16.7. The molecular weight excluding hydrogens is 445 g/mol. The number of aliphatic hydroxyl groups is 1. The maximum atomic E-state index is 13.4. The Labute approximate surface area is 203 Å². The minimum Gasteiger partial charge on any atom is -0.491 e. The number of fused-ring (bicyclic) bond motifs is 1. The molecule has 1 amide bonds. The van der Waals surface area contributed by atoms with Crippen LogP contribution in [0.1, 0.15) is 29.3 Å². The number of hydrogen-bond donors (Lipinski definition) is 1. The molecule has 0 unspecified atom stereocenters. The number of carbonyl (C=O) groups is 1. The van der Waals surface area contributed by atoms with E-state index in [1.807, 2.05) is 60.9 Å². The number of imidazole rings is 1. The molecule has 1 saturated heterocycles. The molecule has 7 heteroatoms. The van der Waals surface area contributed by atoms with Gasteiger partial charge >= 0.3 is 0 Å². The fourth-order valence-electron chi connectivity index (χ4n) is 4.76. The summed E-state index contributed by atoms with van der Waals surface area (Å²) in [5, 5.41) is 10.9. The molecule has 0 bridgehead atoms. The molecule has 5 rings (SSSR count). The predicted molar refractivity (Wildman–Crippen MR) is 133 cm³/mol. The number of hydrogen-bond acceptors (Lipinski definition) is 4. The number of halogens is 1. The Morgan fingerprint density at radius 3 is 2.66 bits per heavy atom. The van der Waals surface area contributed by atoms with Crippen molar-refractivity contribution in [1.82, 2.24) is 9.55 Å². The van der Waals surface area contributed by atoms with E-state index in [0.29, 0.717) is 25.2 Å². The maximum absolute atomic E-state index is 13.4. The second kappa shape index (κ2) is 9.50. The van der Waals surface area contributed by atoms with E-state index in [0.717, 1.165) is 33.7 Å². The zero-order valence-corrected chi connectivity index (χ0v) is 19.8. The van der Waals surface area contributed by atoms with Crippen molar-refractivity contribution < 1.29 is 19.0 Å². The van der Waals surface area contributed by atoms with E-state index in [-0.39, 0.29) is 24.2 Å². The predicted octanol–water partition coefficient (Wildman–Crippen LogP) is 4.75. The Morgan fingerprint density at radius 2 is 1.89 bits per heavy atom. The second-order valence-corrected chi connectivity index (χ2v) is 9.18. The molecule has 1 aromatic heterocycles. The maximum Gasteiger partial charge on any atom is 0.227 e. The van der Waals surface area contributed by atoms with E-state index in [2.05, 4.69) is 0 Å². The van der Waals surface area contributed by atoms with E-state index in [1.165, 1.54) is 12.1 Å². The molecule has 6 nitrogen and oxygen atoms in total. The molecule has 1 N–H and O–H groups in total. The number of benzene rings is 3. The molecule has 1 fully saturated rings. The fraction of sp³-hybridized carbons (Fsp3) is 0.286. The van der Waals surface area contributed by atoms with Gasteiger partial charge in [-0.3, -0.25) is 4.79 Å². The van der Waals surface area contributed by atoms with Crippen LogP contribution in [0.15, 0.2) is 66.7 Å². The molecule has 3 aromatic carbocycles. The summed E-state index contributed by atoms with van der Waals surface area (Å²) >= 11 is 0. The molecule has 0 radical (unpaired) electrons. The summed E-state index contributed by atoms with van der Waals surface area (Å²) in [5.74, 6) is 0.999. The molecule has 0 aliphatic carbocycles. The van der Waals surface area contributed by atoms with E-state index in [4.69, 9.17) is 9.72 Å². The van der Waals surface area contributed by atoms with Gasteiger partial charge in [0.15, 0.2) is 0 Å². The van der Waals surface area contributed by atoms with Crippen molar-refractivity contribution in [3.8, 4) is 5.75 Å². The van der Waals surface area contributed by atoms with E-state index in [9.17, 15) is 14.3 Å². The van der Waals surface area contributed by atoms with Gasteiger partial charge in [0, 0.05) is 24.6 Å². The Balaban J connectivity index is 1.37. The van der Waals surface area contributed by atoms with Gasteiger partial charge in [0.05, 0.1) is 17.6 Å². The molecule has 1 aliphatic rings. The number of aryl methyl sites for hydroxylation is 2. The molecule has 2 atom stereocenters. The first-order valence-electron chi connectivity index (χ1n) is 11.8. The van der Waals surface area contributed by atoms with Crippen LogP contribution in [0.3, 0.4) is 0 Å². The molecule has 0 spiro atoms. The number of rotatable bonds is 7. The van der Waals surface area contributed by atoms with E-state index in [1.54, 1.807) is 17.0 Å². The molecule has 2 heterocycles. The lowest BCUT2D eigenvalue weighted by Gasteiger charge is -2.19. The van der Waals surface area contributed by atoms with Crippen LogP contribution in [0.4, 0.5) is 10.1 Å². The lowest BCUT2D eigenvalue weighted by molar-refractivity contribution is -0.117. The lowest BCUT2D eigenvalue weighted by Crippen LogP contribution is -2.26. The Morgan fingerprint density at radius 1 is 1.11 bits per heavy atom. The summed E-state index contributed by atoms with van der Waals surface area (Å²) in [6.07, 6.45) is -0.465. The number of para-hydroxylation sites is 2. The van der Waals surface area contributed by atoms with Crippen molar-refractivity contribution in [3.05, 3.63) is 89.5 Å². The lowest BCUT2D eigenvalue weighted by atomic mass is 10.1. The van der Waals surface area contributed by atoms with Gasteiger partial charge in [0.25, 0.3) is 0 Å². The first-order valence-corrected chi connectivity index (χ1v) is 11.8. The highest BCUT2D eigenvalue weighted by atomic mass is 19.1. The van der Waals surface area contributed by atoms with Gasteiger partial charge in [-0.2, -0.15) is 0 Å². The van der Waals surface area contributed by atoms with Crippen molar-refractivity contribution in [3.63, 3.8) is 0 Å². The zero-order chi connectivity index (χ0) is 24.5. The summed E-state index contributed by atoms with van der Waals surface area (Å²) in [6, 6.07) is 19.7. The standard InChI is InChI=1S/C28H28FN3O3/c1-18-7-12-26(19(2)13-18)35-17-23(33)16-32-25-6-4-3-5-24(25)30-28(32)20-14-27(34)31(15-20)22-10-8-21(29)9-11-22/h3-13,20,23,33H,14-17H2,1-2H3/t20-,23-/m0/s1. The molecule has 1 aliphatic heterocycles. The minimum atomic E-state index is -0.766. The quantitative estimate of drug-likeness (QED) is 0.421. The van der Waals surface area contributed by atoms with Crippen LogP contribution < -0.4 is 9.64 Å². The number of amides is 1. The van der Waals surface area contributed by atoms with Crippen molar-refractivity contribution >= 4 is 22.6 Å². The second-order valence-electron chi connectivity index (χ2n) is 9.18. The van der Waals surface area contributed by atoms with Crippen molar-refractivity contribution in [2.45, 2.75) is 38.8 Å². The number of aliphatic hydroxyl groups excluding tert-OH is 1. The minimum absolute atomic E-state index is 0.0288. The zero-order valence-electron chi connectivity index (χ0n) is 19.8. The topological polar surface area (TPSA) is 67.6 Å². The summed E-state index contributed by atoms with van der Waals surface area (Å²) in [7, 11) is 0. The first kappa shape index (κ1) is 23.1. The van der Waals surface area contributed by atoms with Gasteiger partial charge in [-0.15, -0.1) is 0 Å². The Kier molecular flexibility index (Phi) is 6.26. The van der Waals surface area contributed by atoms with E-state index >= 15 is 0 Å². The van der Waals surface area contributed by atoms with Gasteiger partial charge in [-0.05, 0) is 61.9 Å². The van der Waals surface area contributed by atoms with Crippen LogP contribution in [0.2, 0.25) is 0 Å². The molecule has 180 valence electrons. The highest BCUT2D eigenvalue weighted by Gasteiger charge is 2.35. The van der Waals surface area contributed by atoms with Crippen LogP contribution in [-0.4, -0.2) is 39.8 Å². The summed E-state index contributed by atoms with van der Waals surface area (Å²) in [5.41, 5.74) is 4.57. The monoisotopic (exact) mass is 473 g/mol. The van der Waals surface area contributed by atoms with Crippen LogP contribution >= 0.6 is 0 Å². The van der Waals surface area contributed by atoms with Crippen LogP contribution in [0, 0.1) is 19.7 Å². The van der Waals surface area contributed by atoms with Gasteiger partial charge in [0.2, 0.25) is 5.91 Å². The highest BCUT2D eigenvalue weighted by Crippen LogP contribution is 2.33. The smallest absolute Gasteiger partial charge is 0.227 e. The number of nitrogens with zero attached hydrogens (tertiary/aromatic N) is 3. The van der Waals surface area contributed by atoms with Crippen LogP contribution in [-0.2, 0) is 11.3 Å². The fourth-order valence-corrected chi connectivity index (χ4v) is 4.76. The third-order valence-electron chi connectivity index (χ3n) is 6.47. The summed E-state index contributed by atoms with van der Waals surface area (Å²) in [6.45, 7) is 4.90. The van der Waals surface area contributed by atoms with Gasteiger partial charge in [-0.25, -0.2) is 9.37 Å². The molecular formula is C28H28FN3O3. The van der Waals surface area contributed by atoms with Crippen LogP contribution in [0.25, 0.3) is 11.0 Å². The number of aromatic nitrogens is 2.